The second-order valence-electron chi connectivity index (χ2n) is 2.70. The molecule has 1 heterocycles. The normalized spacial score (nSPS) is 27.1. The molecule has 0 radical (unpaired) electrons. The van der Waals surface area contributed by atoms with Gasteiger partial charge in [-0.25, -0.2) is 0 Å². The second kappa shape index (κ2) is 4.58. The van der Waals surface area contributed by atoms with Gasteiger partial charge in [-0.05, 0) is 0 Å². The van der Waals surface area contributed by atoms with Gasteiger partial charge in [0.2, 0.25) is 0 Å². The summed E-state index contributed by atoms with van der Waals surface area (Å²) in [5, 5.41) is 0. The average molecular weight is 274 g/mol. The first-order valence-corrected chi connectivity index (χ1v) is 6.11. The van der Waals surface area contributed by atoms with Gasteiger partial charge in [0.25, 0.3) is 0 Å². The zero-order valence-electron chi connectivity index (χ0n) is 8.10. The summed E-state index contributed by atoms with van der Waals surface area (Å²) in [7, 11) is -4.88. The maximum absolute atomic E-state index is 13.3. The fourth-order valence-electron chi connectivity index (χ4n) is 0.724. The SMILES string of the molecule is C[PH]1(F)OC(=O)C(=O)OC(F)OC(=O)C(=O)O1. The fraction of sp³-hybridized carbons (Fsp3) is 0.333. The number of halogens is 2. The third kappa shape index (κ3) is 3.59. The summed E-state index contributed by atoms with van der Waals surface area (Å²) in [6.07, 6.45) is 0. The molecule has 1 fully saturated rings. The minimum absolute atomic E-state index is 0.553. The molecule has 0 amide bonds. The molecule has 0 saturated carbocycles. The van der Waals surface area contributed by atoms with Crippen molar-refractivity contribution in [1.82, 2.24) is 0 Å². The molecule has 17 heavy (non-hydrogen) atoms. The molecule has 11 heteroatoms. The molecule has 1 aliphatic rings. The molecule has 8 nitrogen and oxygen atoms in total. The quantitative estimate of drug-likeness (QED) is 0.331. The van der Waals surface area contributed by atoms with Crippen LogP contribution in [0, 0.1) is 0 Å². The number of hydrogen-bond acceptors (Lipinski definition) is 8. The fourth-order valence-corrected chi connectivity index (χ4v) is 1.59. The van der Waals surface area contributed by atoms with Gasteiger partial charge < -0.3 is 0 Å². The third-order valence-corrected chi connectivity index (χ3v) is 2.38. The van der Waals surface area contributed by atoms with Gasteiger partial charge in [-0.2, -0.15) is 0 Å². The van der Waals surface area contributed by atoms with E-state index >= 15 is 0 Å². The molecule has 0 aliphatic carbocycles. The van der Waals surface area contributed by atoms with E-state index in [1.54, 1.807) is 0 Å². The van der Waals surface area contributed by atoms with Crippen LogP contribution in [0.4, 0.5) is 8.59 Å². The Morgan fingerprint density at radius 3 is 1.65 bits per heavy atom. The summed E-state index contributed by atoms with van der Waals surface area (Å²) in [6, 6.07) is 0. The number of esters is 2. The van der Waals surface area contributed by atoms with E-state index in [1.807, 2.05) is 0 Å². The summed E-state index contributed by atoms with van der Waals surface area (Å²) in [5.74, 6) is -7.68. The molecule has 96 valence electrons. The van der Waals surface area contributed by atoms with Crippen LogP contribution in [-0.4, -0.2) is 37.1 Å². The molecule has 0 aromatic heterocycles. The van der Waals surface area contributed by atoms with E-state index < -0.39 is 38.4 Å². The molecular weight excluding hydrogens is 269 g/mol. The van der Waals surface area contributed by atoms with Gasteiger partial charge in [-0.15, -0.1) is 0 Å². The predicted molar refractivity (Wildman–Crippen MR) is 44.6 cm³/mol. The number of carbonyl (C=O) groups is 4. The van der Waals surface area contributed by atoms with Gasteiger partial charge in [-0.3, -0.25) is 0 Å². The van der Waals surface area contributed by atoms with Crippen LogP contribution < -0.4 is 0 Å². The van der Waals surface area contributed by atoms with E-state index in [1.165, 1.54) is 0 Å². The van der Waals surface area contributed by atoms with Crippen molar-refractivity contribution in [3.63, 3.8) is 0 Å². The van der Waals surface area contributed by atoms with Crippen LogP contribution >= 0.6 is 8.03 Å². The van der Waals surface area contributed by atoms with Crippen LogP contribution in [0.3, 0.4) is 0 Å². The summed E-state index contributed by atoms with van der Waals surface area (Å²) >= 11 is 0. The molecule has 0 atom stereocenters. The Hall–Kier alpha value is -1.83. The number of cyclic esters (lactones) is 2. The molecule has 1 rings (SSSR count). The Balaban J connectivity index is 2.93. The van der Waals surface area contributed by atoms with Crippen molar-refractivity contribution in [2.24, 2.45) is 0 Å². The van der Waals surface area contributed by atoms with E-state index in [-0.39, 0.29) is 0 Å². The van der Waals surface area contributed by atoms with Crippen molar-refractivity contribution in [3.8, 4) is 0 Å². The summed E-state index contributed by atoms with van der Waals surface area (Å²) in [5.41, 5.74) is 0. The van der Waals surface area contributed by atoms with Gasteiger partial charge in [0, 0.05) is 0 Å². The Morgan fingerprint density at radius 2 is 1.29 bits per heavy atom. The van der Waals surface area contributed by atoms with E-state index in [2.05, 4.69) is 18.5 Å². The van der Waals surface area contributed by atoms with Crippen LogP contribution in [0.5, 0.6) is 0 Å². The van der Waals surface area contributed by atoms with Gasteiger partial charge >= 0.3 is 91.4 Å². The molecule has 0 aromatic carbocycles. The van der Waals surface area contributed by atoms with Crippen LogP contribution in [0.1, 0.15) is 0 Å². The van der Waals surface area contributed by atoms with Crippen molar-refractivity contribution in [3.05, 3.63) is 0 Å². The minimum atomic E-state index is -4.88. The molecule has 1 aliphatic heterocycles. The summed E-state index contributed by atoms with van der Waals surface area (Å²) in [4.78, 5) is 43.0. The monoisotopic (exact) mass is 274 g/mol. The molecule has 0 aromatic rings. The molecule has 0 N–H and O–H groups in total. The zero-order chi connectivity index (χ0) is 13.2. The summed E-state index contributed by atoms with van der Waals surface area (Å²) in [6.45, 7) is -2.45. The summed E-state index contributed by atoms with van der Waals surface area (Å²) < 4.78 is 40.7. The van der Waals surface area contributed by atoms with Crippen molar-refractivity contribution in [1.29, 1.82) is 0 Å². The second-order valence-corrected chi connectivity index (χ2v) is 4.78. The van der Waals surface area contributed by atoms with E-state index in [0.717, 1.165) is 0 Å². The number of hydrogen-bond donors (Lipinski definition) is 0. The van der Waals surface area contributed by atoms with E-state index in [9.17, 15) is 27.8 Å². The number of ether oxygens (including phenoxy) is 2. The van der Waals surface area contributed by atoms with Crippen LogP contribution in [0.2, 0.25) is 0 Å². The standard InChI is InChI=1S/C6H5F2O8P/c1-17(8)15-4(11)2(9)13-6(7)14-3(10)5(12)16-17/h6,17H,1H3. The number of carbonyl (C=O) groups excluding carboxylic acids is 4. The Labute approximate surface area is 92.4 Å². The maximum atomic E-state index is 13.3. The third-order valence-electron chi connectivity index (χ3n) is 1.28. The van der Waals surface area contributed by atoms with Gasteiger partial charge in [-0.1, -0.05) is 0 Å². The molecular formula is C6H5F2O8P. The molecule has 0 unspecified atom stereocenters. The number of rotatable bonds is 0. The Bertz CT molecular complexity index is 359. The van der Waals surface area contributed by atoms with Crippen LogP contribution in [-0.2, 0) is 37.7 Å². The van der Waals surface area contributed by atoms with Gasteiger partial charge in [0.1, 0.15) is 0 Å². The first-order chi connectivity index (χ1) is 7.71. The predicted octanol–water partition coefficient (Wildman–Crippen LogP) is -0.480. The topological polar surface area (TPSA) is 105 Å². The Kier molecular flexibility index (Phi) is 3.56. The van der Waals surface area contributed by atoms with Crippen molar-refractivity contribution < 1.29 is 46.3 Å². The van der Waals surface area contributed by atoms with E-state index in [0.29, 0.717) is 6.66 Å². The van der Waals surface area contributed by atoms with Gasteiger partial charge in [0.05, 0.1) is 0 Å². The van der Waals surface area contributed by atoms with E-state index in [4.69, 9.17) is 0 Å². The number of alkyl halides is 1. The first-order valence-electron chi connectivity index (χ1n) is 3.92. The molecule has 0 spiro atoms. The first kappa shape index (κ1) is 13.2. The molecule has 1 saturated heterocycles. The molecule has 0 bridgehead atoms. The zero-order valence-corrected chi connectivity index (χ0v) is 9.10. The Morgan fingerprint density at radius 1 is 0.941 bits per heavy atom. The average Bonchev–Trinajstić information content (AvgIpc) is 2.14. The van der Waals surface area contributed by atoms with Crippen LogP contribution in [0.25, 0.3) is 0 Å². The van der Waals surface area contributed by atoms with Crippen molar-refractivity contribution in [2.75, 3.05) is 6.66 Å². The van der Waals surface area contributed by atoms with Crippen molar-refractivity contribution >= 4 is 31.9 Å². The van der Waals surface area contributed by atoms with Crippen molar-refractivity contribution in [2.45, 2.75) is 6.54 Å². The van der Waals surface area contributed by atoms with Crippen LogP contribution in [0.15, 0.2) is 0 Å². The van der Waals surface area contributed by atoms with Gasteiger partial charge in [0.15, 0.2) is 0 Å².